The standard InChI is InChI=1S/C23H25ClN2O3/c1-3-4-13-21-25-20(22(24)27)15-26(21)14-16-9-5-6-10-17(16)18-11-7-8-12-19(18)23(28)29-2/h5-12,15,22,27H,3-4,13-14H2,1-2H3. The molecular formula is C23H25ClN2O3. The molecule has 3 aromatic rings. The smallest absolute Gasteiger partial charge is 0.338 e. The molecule has 2 aromatic carbocycles. The predicted molar refractivity (Wildman–Crippen MR) is 114 cm³/mol. The van der Waals surface area contributed by atoms with Gasteiger partial charge in [-0.15, -0.1) is 0 Å². The Balaban J connectivity index is 2.03. The molecule has 1 N–H and O–H groups in total. The number of esters is 1. The highest BCUT2D eigenvalue weighted by atomic mass is 35.5. The number of hydrogen-bond acceptors (Lipinski definition) is 4. The van der Waals surface area contributed by atoms with Gasteiger partial charge in [0.2, 0.25) is 0 Å². The van der Waals surface area contributed by atoms with E-state index < -0.39 is 5.56 Å². The van der Waals surface area contributed by atoms with Gasteiger partial charge in [0.25, 0.3) is 0 Å². The van der Waals surface area contributed by atoms with Crippen molar-refractivity contribution < 1.29 is 14.6 Å². The van der Waals surface area contributed by atoms with Crippen LogP contribution in [0.25, 0.3) is 11.1 Å². The summed E-state index contributed by atoms with van der Waals surface area (Å²) in [6.07, 6.45) is 4.66. The van der Waals surface area contributed by atoms with Crippen LogP contribution in [0.5, 0.6) is 0 Å². The number of carbonyl (C=O) groups is 1. The first-order valence-corrected chi connectivity index (χ1v) is 10.1. The van der Waals surface area contributed by atoms with Crippen LogP contribution < -0.4 is 0 Å². The number of aryl methyl sites for hydroxylation is 1. The largest absolute Gasteiger partial charge is 0.465 e. The Kier molecular flexibility index (Phi) is 7.07. The minimum absolute atomic E-state index is 0.366. The summed E-state index contributed by atoms with van der Waals surface area (Å²) in [6, 6.07) is 15.4. The van der Waals surface area contributed by atoms with E-state index in [1.165, 1.54) is 7.11 Å². The molecule has 5 nitrogen and oxygen atoms in total. The Morgan fingerprint density at radius 3 is 2.55 bits per heavy atom. The second-order valence-electron chi connectivity index (χ2n) is 6.84. The maximum absolute atomic E-state index is 12.2. The summed E-state index contributed by atoms with van der Waals surface area (Å²) in [4.78, 5) is 16.8. The van der Waals surface area contributed by atoms with Gasteiger partial charge in [-0.2, -0.15) is 0 Å². The van der Waals surface area contributed by atoms with Crippen LogP contribution in [0.15, 0.2) is 54.7 Å². The number of imidazole rings is 1. The van der Waals surface area contributed by atoms with Crippen molar-refractivity contribution in [3.8, 4) is 11.1 Å². The first kappa shape index (κ1) is 21.1. The van der Waals surface area contributed by atoms with Crippen LogP contribution in [-0.4, -0.2) is 27.7 Å². The second kappa shape index (κ2) is 9.72. The lowest BCUT2D eigenvalue weighted by Gasteiger charge is -2.14. The molecule has 0 fully saturated rings. The molecule has 29 heavy (non-hydrogen) atoms. The molecule has 0 saturated carbocycles. The summed E-state index contributed by atoms with van der Waals surface area (Å²) in [5, 5.41) is 9.75. The third kappa shape index (κ3) is 4.86. The summed E-state index contributed by atoms with van der Waals surface area (Å²) < 4.78 is 6.98. The summed E-state index contributed by atoms with van der Waals surface area (Å²) >= 11 is 5.85. The minimum Gasteiger partial charge on any atom is -0.465 e. The normalized spacial score (nSPS) is 12.0. The number of aromatic nitrogens is 2. The monoisotopic (exact) mass is 412 g/mol. The fraction of sp³-hybridized carbons (Fsp3) is 0.304. The number of nitrogens with zero attached hydrogens (tertiary/aromatic N) is 2. The number of carbonyl (C=O) groups excluding carboxylic acids is 1. The fourth-order valence-corrected chi connectivity index (χ4v) is 3.48. The molecule has 152 valence electrons. The summed E-state index contributed by atoms with van der Waals surface area (Å²) in [5.41, 5.74) is 2.65. The minimum atomic E-state index is -1.13. The van der Waals surface area contributed by atoms with Crippen molar-refractivity contribution in [2.45, 2.75) is 38.3 Å². The maximum Gasteiger partial charge on any atom is 0.338 e. The average Bonchev–Trinajstić information content (AvgIpc) is 3.15. The van der Waals surface area contributed by atoms with Crippen molar-refractivity contribution >= 4 is 17.6 Å². The zero-order chi connectivity index (χ0) is 20.8. The van der Waals surface area contributed by atoms with E-state index in [1.54, 1.807) is 12.3 Å². The number of hydrogen-bond donors (Lipinski definition) is 1. The van der Waals surface area contributed by atoms with Gasteiger partial charge in [0.15, 0.2) is 5.56 Å². The van der Waals surface area contributed by atoms with E-state index in [0.29, 0.717) is 17.8 Å². The molecule has 6 heteroatoms. The molecule has 0 aliphatic carbocycles. The quantitative estimate of drug-likeness (QED) is 0.419. The van der Waals surface area contributed by atoms with Crippen molar-refractivity contribution in [3.05, 3.63) is 77.4 Å². The Labute approximate surface area is 175 Å². The van der Waals surface area contributed by atoms with E-state index in [2.05, 4.69) is 11.9 Å². The lowest BCUT2D eigenvalue weighted by molar-refractivity contribution is 0.0601. The summed E-state index contributed by atoms with van der Waals surface area (Å²) in [5.74, 6) is 0.520. The third-order valence-corrected chi connectivity index (χ3v) is 5.08. The summed E-state index contributed by atoms with van der Waals surface area (Å²) in [6.45, 7) is 2.69. The van der Waals surface area contributed by atoms with Crippen LogP contribution in [0, 0.1) is 0 Å². The van der Waals surface area contributed by atoms with Crippen molar-refractivity contribution in [2.75, 3.05) is 7.11 Å². The zero-order valence-electron chi connectivity index (χ0n) is 16.6. The number of ether oxygens (including phenoxy) is 1. The number of alkyl halides is 1. The van der Waals surface area contributed by atoms with E-state index in [-0.39, 0.29) is 5.97 Å². The number of methoxy groups -OCH3 is 1. The Hall–Kier alpha value is -2.63. The topological polar surface area (TPSA) is 64.4 Å². The average molecular weight is 413 g/mol. The number of benzene rings is 2. The van der Waals surface area contributed by atoms with Crippen molar-refractivity contribution in [3.63, 3.8) is 0 Å². The van der Waals surface area contributed by atoms with Crippen molar-refractivity contribution in [2.24, 2.45) is 0 Å². The molecule has 0 aliphatic rings. The number of unbranched alkanes of at least 4 members (excludes halogenated alkanes) is 1. The first-order valence-electron chi connectivity index (χ1n) is 9.68. The van der Waals surface area contributed by atoms with Crippen molar-refractivity contribution in [1.82, 2.24) is 9.55 Å². The van der Waals surface area contributed by atoms with Crippen LogP contribution >= 0.6 is 11.6 Å². The Bertz CT molecular complexity index is 982. The van der Waals surface area contributed by atoms with Gasteiger partial charge >= 0.3 is 5.97 Å². The highest BCUT2D eigenvalue weighted by Gasteiger charge is 2.17. The molecule has 0 spiro atoms. The lowest BCUT2D eigenvalue weighted by Crippen LogP contribution is -2.07. The predicted octanol–water partition coefficient (Wildman–Crippen LogP) is 4.96. The van der Waals surface area contributed by atoms with Gasteiger partial charge in [-0.25, -0.2) is 9.78 Å². The molecule has 1 aromatic heterocycles. The number of aliphatic hydroxyl groups is 1. The van der Waals surface area contributed by atoms with Gasteiger partial charge in [-0.3, -0.25) is 0 Å². The molecule has 0 radical (unpaired) electrons. The van der Waals surface area contributed by atoms with E-state index in [9.17, 15) is 9.90 Å². The zero-order valence-corrected chi connectivity index (χ0v) is 17.4. The number of halogens is 1. The highest BCUT2D eigenvalue weighted by Crippen LogP contribution is 2.29. The number of rotatable bonds is 8. The molecule has 0 aliphatic heterocycles. The molecule has 1 heterocycles. The highest BCUT2D eigenvalue weighted by molar-refractivity contribution is 6.19. The first-order chi connectivity index (χ1) is 14.0. The van der Waals surface area contributed by atoms with E-state index in [4.69, 9.17) is 16.3 Å². The Morgan fingerprint density at radius 1 is 1.17 bits per heavy atom. The van der Waals surface area contributed by atoms with Gasteiger partial charge in [-0.05, 0) is 29.2 Å². The van der Waals surface area contributed by atoms with Crippen LogP contribution in [-0.2, 0) is 17.7 Å². The van der Waals surface area contributed by atoms with Crippen LogP contribution in [0.4, 0.5) is 0 Å². The SMILES string of the molecule is CCCCc1nc(C(O)Cl)cn1Cc1ccccc1-c1ccccc1C(=O)OC. The lowest BCUT2D eigenvalue weighted by atomic mass is 9.95. The van der Waals surface area contributed by atoms with Crippen LogP contribution in [0.1, 0.15) is 52.8 Å². The second-order valence-corrected chi connectivity index (χ2v) is 7.26. The van der Waals surface area contributed by atoms with E-state index in [1.807, 2.05) is 47.0 Å². The Morgan fingerprint density at radius 2 is 1.86 bits per heavy atom. The molecule has 1 unspecified atom stereocenters. The van der Waals surface area contributed by atoms with Gasteiger partial charge in [0.1, 0.15) is 11.5 Å². The van der Waals surface area contributed by atoms with Gasteiger partial charge in [-0.1, -0.05) is 67.4 Å². The third-order valence-electron chi connectivity index (χ3n) is 4.86. The summed E-state index contributed by atoms with van der Waals surface area (Å²) in [7, 11) is 1.38. The molecule has 0 bridgehead atoms. The van der Waals surface area contributed by atoms with E-state index in [0.717, 1.165) is 41.8 Å². The van der Waals surface area contributed by atoms with Crippen molar-refractivity contribution in [1.29, 1.82) is 0 Å². The van der Waals surface area contributed by atoms with Crippen LogP contribution in [0.3, 0.4) is 0 Å². The fourth-order valence-electron chi connectivity index (χ4n) is 3.37. The molecule has 0 saturated heterocycles. The molecule has 3 rings (SSSR count). The van der Waals surface area contributed by atoms with Gasteiger partial charge < -0.3 is 14.4 Å². The van der Waals surface area contributed by atoms with Gasteiger partial charge in [0.05, 0.1) is 12.7 Å². The van der Waals surface area contributed by atoms with Gasteiger partial charge in [0, 0.05) is 19.2 Å². The maximum atomic E-state index is 12.2. The van der Waals surface area contributed by atoms with E-state index >= 15 is 0 Å². The molecular weight excluding hydrogens is 388 g/mol. The number of aliphatic hydroxyl groups excluding tert-OH is 1. The molecule has 0 amide bonds. The molecule has 1 atom stereocenters. The van der Waals surface area contributed by atoms with Crippen LogP contribution in [0.2, 0.25) is 0 Å².